The average molecular weight is 473 g/mol. The standard InChI is InChI=1S/C26H24N4OS2/c1-3-27-19-13-7-8-14-20(19)28-26-30(17-18-11-5-4-6-12-18)24(31)23(33-26)25-29(2)21-15-9-10-16-22(21)32-25/h4-16,27H,3,17H2,1-2H3/b25-23-,28-26+. The molecule has 33 heavy (non-hydrogen) atoms. The molecule has 3 aromatic rings. The predicted octanol–water partition coefficient (Wildman–Crippen LogP) is 6.29. The molecule has 7 heteroatoms. The van der Waals surface area contributed by atoms with E-state index in [1.807, 2.05) is 73.8 Å². The SMILES string of the molecule is CCNc1ccccc1/N=C1/S/C(=C2\Sc3ccccc3N2C)C(=O)N1Cc1ccccc1. The van der Waals surface area contributed by atoms with Crippen molar-refractivity contribution >= 4 is 51.7 Å². The highest BCUT2D eigenvalue weighted by Crippen LogP contribution is 2.50. The van der Waals surface area contributed by atoms with Gasteiger partial charge in [0.05, 0.1) is 28.6 Å². The summed E-state index contributed by atoms with van der Waals surface area (Å²) < 4.78 is 0. The van der Waals surface area contributed by atoms with Gasteiger partial charge in [0.2, 0.25) is 0 Å². The van der Waals surface area contributed by atoms with E-state index in [9.17, 15) is 4.79 Å². The van der Waals surface area contributed by atoms with Crippen LogP contribution < -0.4 is 10.2 Å². The summed E-state index contributed by atoms with van der Waals surface area (Å²) in [5, 5.41) is 5.02. The zero-order chi connectivity index (χ0) is 22.8. The Morgan fingerprint density at radius 2 is 1.64 bits per heavy atom. The molecule has 0 saturated carbocycles. The van der Waals surface area contributed by atoms with Crippen molar-refractivity contribution in [3.8, 4) is 0 Å². The second kappa shape index (κ2) is 9.37. The number of carbonyl (C=O) groups is 1. The number of benzene rings is 3. The smallest absolute Gasteiger partial charge is 0.269 e. The number of aliphatic imine (C=N–C) groups is 1. The molecule has 0 spiro atoms. The Labute approximate surface area is 202 Å². The molecule has 3 aromatic carbocycles. The first-order chi connectivity index (χ1) is 16.2. The minimum absolute atomic E-state index is 0.00862. The summed E-state index contributed by atoms with van der Waals surface area (Å²) in [5.74, 6) is -0.00862. The van der Waals surface area contributed by atoms with Crippen LogP contribution in [0, 0.1) is 0 Å². The first-order valence-electron chi connectivity index (χ1n) is 10.9. The van der Waals surface area contributed by atoms with Crippen molar-refractivity contribution in [3.05, 3.63) is 94.4 Å². The van der Waals surface area contributed by atoms with Crippen LogP contribution in [0.4, 0.5) is 17.1 Å². The molecule has 0 aromatic heterocycles. The Hall–Kier alpha value is -3.16. The summed E-state index contributed by atoms with van der Waals surface area (Å²) in [6.45, 7) is 3.34. The maximum atomic E-state index is 13.7. The molecular weight excluding hydrogens is 448 g/mol. The first-order valence-corrected chi connectivity index (χ1v) is 12.5. The van der Waals surface area contributed by atoms with Gasteiger partial charge in [-0.1, -0.05) is 66.4 Å². The molecule has 166 valence electrons. The third kappa shape index (κ3) is 4.26. The zero-order valence-corrected chi connectivity index (χ0v) is 20.1. The molecule has 0 radical (unpaired) electrons. The molecule has 0 aliphatic carbocycles. The van der Waals surface area contributed by atoms with E-state index >= 15 is 0 Å². The van der Waals surface area contributed by atoms with Gasteiger partial charge in [0.25, 0.3) is 5.91 Å². The Morgan fingerprint density at radius 3 is 2.42 bits per heavy atom. The van der Waals surface area contributed by atoms with E-state index in [4.69, 9.17) is 4.99 Å². The van der Waals surface area contributed by atoms with Crippen LogP contribution in [0.15, 0.2) is 98.7 Å². The summed E-state index contributed by atoms with van der Waals surface area (Å²) in [7, 11) is 2.02. The van der Waals surface area contributed by atoms with Crippen LogP contribution in [0.25, 0.3) is 0 Å². The molecule has 1 saturated heterocycles. The fourth-order valence-corrected chi connectivity index (χ4v) is 6.17. The Morgan fingerprint density at radius 1 is 0.909 bits per heavy atom. The highest BCUT2D eigenvalue weighted by molar-refractivity contribution is 8.19. The average Bonchev–Trinajstić information content (AvgIpc) is 3.33. The van der Waals surface area contributed by atoms with E-state index in [0.29, 0.717) is 16.6 Å². The monoisotopic (exact) mass is 472 g/mol. The maximum Gasteiger partial charge on any atom is 0.269 e. The molecule has 0 bridgehead atoms. The molecule has 1 amide bonds. The Kier molecular flexibility index (Phi) is 6.15. The lowest BCUT2D eigenvalue weighted by molar-refractivity contribution is -0.122. The predicted molar refractivity (Wildman–Crippen MR) is 140 cm³/mol. The van der Waals surface area contributed by atoms with Crippen molar-refractivity contribution in [2.24, 2.45) is 4.99 Å². The number of carbonyl (C=O) groups excluding carboxylic acids is 1. The number of nitrogens with one attached hydrogen (secondary N) is 1. The summed E-state index contributed by atoms with van der Waals surface area (Å²) in [6.07, 6.45) is 0. The van der Waals surface area contributed by atoms with Gasteiger partial charge >= 0.3 is 0 Å². The number of fused-ring (bicyclic) bond motifs is 1. The van der Waals surface area contributed by atoms with Crippen LogP contribution in [0.5, 0.6) is 0 Å². The lowest BCUT2D eigenvalue weighted by atomic mass is 10.2. The van der Waals surface area contributed by atoms with Gasteiger partial charge in [0, 0.05) is 18.5 Å². The van der Waals surface area contributed by atoms with E-state index < -0.39 is 0 Å². The molecule has 5 rings (SSSR count). The molecule has 5 nitrogen and oxygen atoms in total. The molecular formula is C26H24N4OS2. The zero-order valence-electron chi connectivity index (χ0n) is 18.5. The van der Waals surface area contributed by atoms with Crippen molar-refractivity contribution in [1.29, 1.82) is 0 Å². The van der Waals surface area contributed by atoms with Crippen LogP contribution in [0.2, 0.25) is 0 Å². The van der Waals surface area contributed by atoms with Crippen molar-refractivity contribution in [2.75, 3.05) is 23.8 Å². The highest BCUT2D eigenvalue weighted by atomic mass is 32.2. The third-order valence-corrected chi connectivity index (χ3v) is 7.90. The quantitative estimate of drug-likeness (QED) is 0.442. The van der Waals surface area contributed by atoms with E-state index in [-0.39, 0.29) is 5.91 Å². The summed E-state index contributed by atoms with van der Waals surface area (Å²) in [6, 6.07) is 26.3. The van der Waals surface area contributed by atoms with Gasteiger partial charge in [0.15, 0.2) is 5.17 Å². The van der Waals surface area contributed by atoms with E-state index in [2.05, 4.69) is 29.3 Å². The van der Waals surface area contributed by atoms with Gasteiger partial charge < -0.3 is 10.2 Å². The lowest BCUT2D eigenvalue weighted by Gasteiger charge is -2.17. The molecule has 2 heterocycles. The van der Waals surface area contributed by atoms with E-state index in [1.165, 1.54) is 11.8 Å². The van der Waals surface area contributed by atoms with Crippen LogP contribution in [0.1, 0.15) is 12.5 Å². The topological polar surface area (TPSA) is 47.9 Å². The Bertz CT molecular complexity index is 1260. The van der Waals surface area contributed by atoms with Gasteiger partial charge in [-0.25, -0.2) is 4.99 Å². The number of thioether (sulfide) groups is 2. The second-order valence-electron chi connectivity index (χ2n) is 7.68. The number of hydrogen-bond donors (Lipinski definition) is 1. The van der Waals surface area contributed by atoms with Gasteiger partial charge in [0.1, 0.15) is 4.91 Å². The second-order valence-corrected chi connectivity index (χ2v) is 9.69. The van der Waals surface area contributed by atoms with Gasteiger partial charge in [-0.2, -0.15) is 0 Å². The van der Waals surface area contributed by atoms with E-state index in [0.717, 1.165) is 39.1 Å². The van der Waals surface area contributed by atoms with Crippen LogP contribution in [-0.4, -0.2) is 29.6 Å². The first kappa shape index (κ1) is 21.7. The van der Waals surface area contributed by atoms with Gasteiger partial charge in [-0.3, -0.25) is 9.69 Å². The summed E-state index contributed by atoms with van der Waals surface area (Å²) in [5.41, 5.74) is 3.98. The van der Waals surface area contributed by atoms with Gasteiger partial charge in [-0.15, -0.1) is 0 Å². The van der Waals surface area contributed by atoms with Crippen molar-refractivity contribution in [3.63, 3.8) is 0 Å². The highest BCUT2D eigenvalue weighted by Gasteiger charge is 2.39. The molecule has 0 atom stereocenters. The summed E-state index contributed by atoms with van der Waals surface area (Å²) in [4.78, 5) is 24.5. The number of amidine groups is 1. The fraction of sp³-hybridized carbons (Fsp3) is 0.154. The van der Waals surface area contributed by atoms with Crippen molar-refractivity contribution in [1.82, 2.24) is 4.90 Å². The lowest BCUT2D eigenvalue weighted by Crippen LogP contribution is -2.29. The number of hydrogen-bond acceptors (Lipinski definition) is 6. The molecule has 1 N–H and O–H groups in total. The van der Waals surface area contributed by atoms with Crippen LogP contribution >= 0.6 is 23.5 Å². The molecule has 2 aliphatic rings. The van der Waals surface area contributed by atoms with Crippen LogP contribution in [-0.2, 0) is 11.3 Å². The normalized spacial score (nSPS) is 18.8. The largest absolute Gasteiger partial charge is 0.384 e. The number of rotatable bonds is 5. The van der Waals surface area contributed by atoms with Crippen molar-refractivity contribution in [2.45, 2.75) is 18.4 Å². The minimum Gasteiger partial charge on any atom is -0.384 e. The number of amides is 1. The fourth-order valence-electron chi connectivity index (χ4n) is 3.84. The molecule has 2 aliphatic heterocycles. The third-order valence-electron chi connectivity index (χ3n) is 5.47. The number of anilines is 2. The Balaban J connectivity index is 1.57. The maximum absolute atomic E-state index is 13.7. The van der Waals surface area contributed by atoms with E-state index in [1.54, 1.807) is 16.7 Å². The van der Waals surface area contributed by atoms with Gasteiger partial charge in [-0.05, 0) is 48.5 Å². The van der Waals surface area contributed by atoms with Crippen molar-refractivity contribution < 1.29 is 4.79 Å². The number of nitrogens with zero attached hydrogens (tertiary/aromatic N) is 3. The minimum atomic E-state index is -0.00862. The summed E-state index contributed by atoms with van der Waals surface area (Å²) >= 11 is 3.10. The van der Waals surface area contributed by atoms with Crippen LogP contribution in [0.3, 0.4) is 0 Å². The molecule has 1 fully saturated rings. The molecule has 0 unspecified atom stereocenters. The number of para-hydroxylation sites is 3.